The maximum Gasteiger partial charge on any atom is 0.0650 e. The molecule has 0 heterocycles. The van der Waals surface area contributed by atoms with Gasteiger partial charge in [0.15, 0.2) is 0 Å². The van der Waals surface area contributed by atoms with Crippen LogP contribution in [-0.2, 0) is 0 Å². The van der Waals surface area contributed by atoms with E-state index in [1.807, 2.05) is 11.1 Å². The van der Waals surface area contributed by atoms with Crippen molar-refractivity contribution in [1.29, 1.82) is 0 Å². The summed E-state index contributed by atoms with van der Waals surface area (Å²) in [6, 6.07) is 0. The van der Waals surface area contributed by atoms with Gasteiger partial charge >= 0.3 is 0 Å². The third-order valence-electron chi connectivity index (χ3n) is 12.6. The van der Waals surface area contributed by atoms with E-state index in [1.54, 1.807) is 0 Å². The largest absolute Gasteiger partial charge is 0.393 e. The van der Waals surface area contributed by atoms with Crippen molar-refractivity contribution in [2.24, 2.45) is 39.4 Å². The summed E-state index contributed by atoms with van der Waals surface area (Å²) in [5.74, 6) is 2.21. The van der Waals surface area contributed by atoms with E-state index in [2.05, 4.69) is 41.5 Å². The topological polar surface area (TPSA) is 40.5 Å². The molecule has 0 radical (unpaired) electrons. The Morgan fingerprint density at radius 2 is 1.59 bits per heavy atom. The molecule has 0 amide bonds. The third-order valence-corrected chi connectivity index (χ3v) is 12.6. The average molecular weight is 443 g/mol. The molecule has 5 rings (SSSR count). The first-order valence-electron chi connectivity index (χ1n) is 14.0. The zero-order chi connectivity index (χ0) is 23.2. The summed E-state index contributed by atoms with van der Waals surface area (Å²) >= 11 is 0. The van der Waals surface area contributed by atoms with Gasteiger partial charge in [-0.2, -0.15) is 0 Å². The Kier molecular flexibility index (Phi) is 5.36. The van der Waals surface area contributed by atoms with Crippen LogP contribution < -0.4 is 0 Å². The molecule has 0 aromatic heterocycles. The molecule has 32 heavy (non-hydrogen) atoms. The van der Waals surface area contributed by atoms with Gasteiger partial charge in [-0.3, -0.25) is 0 Å². The Hall–Kier alpha value is -0.340. The second-order valence-electron chi connectivity index (χ2n) is 14.3. The number of aliphatic hydroxyl groups is 2. The first-order valence-corrected chi connectivity index (χ1v) is 14.0. The Balaban J connectivity index is 1.40. The van der Waals surface area contributed by atoms with Gasteiger partial charge in [-0.15, -0.1) is 0 Å². The number of hydrogen-bond donors (Lipinski definition) is 2. The smallest absolute Gasteiger partial charge is 0.0650 e. The highest BCUT2D eigenvalue weighted by atomic mass is 16.3. The fraction of sp³-hybridized carbons (Fsp3) is 0.933. The summed E-state index contributed by atoms with van der Waals surface area (Å²) in [6.45, 7) is 15.1. The highest BCUT2D eigenvalue weighted by Gasteiger charge is 2.63. The number of rotatable bonds is 5. The lowest BCUT2D eigenvalue weighted by atomic mass is 9.43. The van der Waals surface area contributed by atoms with Gasteiger partial charge in [0.25, 0.3) is 0 Å². The van der Waals surface area contributed by atoms with E-state index < -0.39 is 0 Å². The van der Waals surface area contributed by atoms with Crippen molar-refractivity contribution in [3.63, 3.8) is 0 Å². The predicted octanol–water partition coefficient (Wildman–Crippen LogP) is 7.43. The molecule has 0 unspecified atom stereocenters. The monoisotopic (exact) mass is 442 g/mol. The minimum absolute atomic E-state index is 0.0333. The van der Waals surface area contributed by atoms with Crippen LogP contribution in [0.4, 0.5) is 0 Å². The maximum atomic E-state index is 10.8. The lowest BCUT2D eigenvalue weighted by Crippen LogP contribution is -2.55. The van der Waals surface area contributed by atoms with Crippen LogP contribution in [0.2, 0.25) is 0 Å². The molecule has 7 atom stereocenters. The molecular weight excluding hydrogens is 392 g/mol. The average Bonchev–Trinajstić information content (AvgIpc) is 3.38. The molecule has 0 spiro atoms. The van der Waals surface area contributed by atoms with Gasteiger partial charge in [-0.05, 0) is 110 Å². The molecule has 0 aromatic rings. The van der Waals surface area contributed by atoms with Crippen molar-refractivity contribution in [2.75, 3.05) is 0 Å². The maximum absolute atomic E-state index is 10.8. The van der Waals surface area contributed by atoms with Crippen molar-refractivity contribution in [2.45, 2.75) is 137 Å². The molecule has 3 fully saturated rings. The van der Waals surface area contributed by atoms with Crippen molar-refractivity contribution in [3.05, 3.63) is 11.1 Å². The van der Waals surface area contributed by atoms with E-state index in [9.17, 15) is 10.2 Å². The van der Waals surface area contributed by atoms with Crippen molar-refractivity contribution in [3.8, 4) is 0 Å². The predicted molar refractivity (Wildman–Crippen MR) is 132 cm³/mol. The first-order chi connectivity index (χ1) is 14.9. The lowest BCUT2D eigenvalue weighted by molar-refractivity contribution is -0.0962. The quantitative estimate of drug-likeness (QED) is 0.435. The summed E-state index contributed by atoms with van der Waals surface area (Å²) < 4.78 is 0. The molecule has 182 valence electrons. The van der Waals surface area contributed by atoms with Crippen LogP contribution in [0.5, 0.6) is 0 Å². The van der Waals surface area contributed by atoms with Gasteiger partial charge in [-0.1, -0.05) is 65.5 Å². The minimum atomic E-state index is -0.284. The second-order valence-corrected chi connectivity index (χ2v) is 14.3. The second kappa shape index (κ2) is 7.33. The zero-order valence-electron chi connectivity index (χ0n) is 21.9. The van der Waals surface area contributed by atoms with E-state index in [1.165, 1.54) is 57.8 Å². The molecule has 5 aliphatic rings. The van der Waals surface area contributed by atoms with Crippen LogP contribution in [0.25, 0.3) is 0 Å². The van der Waals surface area contributed by atoms with Crippen LogP contribution in [0.3, 0.4) is 0 Å². The van der Waals surface area contributed by atoms with E-state index in [0.717, 1.165) is 37.5 Å². The highest BCUT2D eigenvalue weighted by Crippen LogP contribution is 2.72. The Labute approximate surface area is 197 Å². The molecule has 5 aliphatic carbocycles. The number of fused-ring (bicyclic) bond motifs is 4. The van der Waals surface area contributed by atoms with Crippen molar-refractivity contribution < 1.29 is 10.2 Å². The molecule has 0 bridgehead atoms. The fourth-order valence-corrected chi connectivity index (χ4v) is 9.98. The van der Waals surface area contributed by atoms with E-state index in [0.29, 0.717) is 22.2 Å². The molecule has 0 saturated heterocycles. The number of aliphatic hydroxyl groups excluding tert-OH is 1. The molecule has 0 aromatic carbocycles. The summed E-state index contributed by atoms with van der Waals surface area (Å²) in [7, 11) is 0. The number of hydrogen-bond acceptors (Lipinski definition) is 2. The van der Waals surface area contributed by atoms with Crippen molar-refractivity contribution >= 4 is 0 Å². The normalized spacial score (nSPS) is 47.4. The molecule has 0 aliphatic heterocycles. The third kappa shape index (κ3) is 3.17. The number of allylic oxidation sites excluding steroid dienone is 2. The zero-order valence-corrected chi connectivity index (χ0v) is 21.9. The Morgan fingerprint density at radius 3 is 2.28 bits per heavy atom. The van der Waals surface area contributed by atoms with Crippen LogP contribution in [-0.4, -0.2) is 21.9 Å². The van der Waals surface area contributed by atoms with Crippen LogP contribution in [0.1, 0.15) is 125 Å². The summed E-state index contributed by atoms with van der Waals surface area (Å²) in [5.41, 5.74) is 4.53. The SMILES string of the molecule is C[C@H](CCCC1(O)CC1)[C@H]1CC[C@@]2(C)C3=C(CC[C@]12C)[C@@]1(C)CC[C@H](O)C(C)(C)[C@@H]1CC3. The summed E-state index contributed by atoms with van der Waals surface area (Å²) in [4.78, 5) is 0. The van der Waals surface area contributed by atoms with Crippen LogP contribution >= 0.6 is 0 Å². The van der Waals surface area contributed by atoms with Crippen molar-refractivity contribution in [1.82, 2.24) is 0 Å². The summed E-state index contributed by atoms with van der Waals surface area (Å²) in [5, 5.41) is 21.1. The molecule has 3 saturated carbocycles. The summed E-state index contributed by atoms with van der Waals surface area (Å²) in [6.07, 6.45) is 15.5. The molecule has 2 N–H and O–H groups in total. The van der Waals surface area contributed by atoms with Gasteiger partial charge in [0.2, 0.25) is 0 Å². The van der Waals surface area contributed by atoms with Gasteiger partial charge in [-0.25, -0.2) is 0 Å². The highest BCUT2D eigenvalue weighted by molar-refractivity contribution is 5.38. The van der Waals surface area contributed by atoms with E-state index >= 15 is 0 Å². The molecular formula is C30H50O2. The molecule has 2 nitrogen and oxygen atoms in total. The van der Waals surface area contributed by atoms with E-state index in [4.69, 9.17) is 0 Å². The fourth-order valence-electron chi connectivity index (χ4n) is 9.98. The van der Waals surface area contributed by atoms with E-state index in [-0.39, 0.29) is 17.1 Å². The standard InChI is InChI=1S/C30H50O2/c1-20(8-7-14-30(32)18-19-30)21-11-16-29(6)23-9-10-24-26(2,3)25(31)13-15-27(24,4)22(23)12-17-28(21,29)5/h20-21,24-25,31-32H,7-19H2,1-6H3/t20-,21-,24+,25+,27-,28-,29+/m1/s1. The van der Waals surface area contributed by atoms with Gasteiger partial charge in [0.1, 0.15) is 0 Å². The van der Waals surface area contributed by atoms with Gasteiger partial charge < -0.3 is 10.2 Å². The lowest BCUT2D eigenvalue weighted by Gasteiger charge is -2.62. The first kappa shape index (κ1) is 23.4. The Bertz CT molecular complexity index is 791. The minimum Gasteiger partial charge on any atom is -0.393 e. The van der Waals surface area contributed by atoms with Crippen LogP contribution in [0, 0.1) is 39.4 Å². The van der Waals surface area contributed by atoms with Gasteiger partial charge in [0, 0.05) is 0 Å². The molecule has 2 heteroatoms. The Morgan fingerprint density at radius 1 is 0.875 bits per heavy atom. The van der Waals surface area contributed by atoms with Crippen LogP contribution in [0.15, 0.2) is 11.1 Å². The van der Waals surface area contributed by atoms with Gasteiger partial charge in [0.05, 0.1) is 11.7 Å².